The summed E-state index contributed by atoms with van der Waals surface area (Å²) in [6.07, 6.45) is 1.06. The van der Waals surface area contributed by atoms with Crippen LogP contribution in [0.5, 0.6) is 0 Å². The zero-order valence-corrected chi connectivity index (χ0v) is 7.78. The van der Waals surface area contributed by atoms with E-state index in [-0.39, 0.29) is 0 Å². The second-order valence-electron chi connectivity index (χ2n) is 2.78. The highest BCUT2D eigenvalue weighted by molar-refractivity contribution is 7.99. The maximum atomic E-state index is 10.5. The van der Waals surface area contributed by atoms with Crippen LogP contribution in [0.15, 0.2) is 0 Å². The molecule has 0 spiro atoms. The molecule has 0 aromatic heterocycles. The maximum absolute atomic E-state index is 10.5. The van der Waals surface area contributed by atoms with Gasteiger partial charge in [0.15, 0.2) is 0 Å². The van der Waals surface area contributed by atoms with Crippen molar-refractivity contribution in [3.05, 3.63) is 0 Å². The van der Waals surface area contributed by atoms with Gasteiger partial charge in [0.2, 0.25) is 0 Å². The average molecular weight is 177 g/mol. The Morgan fingerprint density at radius 2 is 2.27 bits per heavy atom. The summed E-state index contributed by atoms with van der Waals surface area (Å²) < 4.78 is 0. The van der Waals surface area contributed by atoms with E-state index in [1.54, 1.807) is 11.8 Å². The van der Waals surface area contributed by atoms with Crippen LogP contribution in [-0.2, 0) is 4.79 Å². The zero-order valence-electron chi connectivity index (χ0n) is 6.96. The Labute approximate surface area is 71.3 Å². The molecule has 0 aliphatic heterocycles. The van der Waals surface area contributed by atoms with E-state index >= 15 is 0 Å². The van der Waals surface area contributed by atoms with E-state index in [0.717, 1.165) is 12.2 Å². The summed E-state index contributed by atoms with van der Waals surface area (Å²) in [5, 5.41) is 8.60. The first-order valence-electron chi connectivity index (χ1n) is 3.60. The quantitative estimate of drug-likeness (QED) is 0.613. The number of thioether (sulfide) groups is 1. The van der Waals surface area contributed by atoms with Crippen LogP contribution in [0.2, 0.25) is 0 Å². The predicted molar refractivity (Wildman–Crippen MR) is 47.8 cm³/mol. The van der Waals surface area contributed by atoms with E-state index in [9.17, 15) is 4.79 Å². The number of nitrogens with two attached hydrogens (primary N) is 1. The Bertz CT molecular complexity index is 136. The van der Waals surface area contributed by atoms with E-state index in [2.05, 4.69) is 6.92 Å². The van der Waals surface area contributed by atoms with E-state index < -0.39 is 11.5 Å². The van der Waals surface area contributed by atoms with Crippen molar-refractivity contribution in [1.82, 2.24) is 0 Å². The first kappa shape index (κ1) is 10.8. The molecule has 0 amide bonds. The lowest BCUT2D eigenvalue weighted by Gasteiger charge is -2.17. The Hall–Kier alpha value is -0.220. The average Bonchev–Trinajstić information content (AvgIpc) is 1.88. The van der Waals surface area contributed by atoms with Gasteiger partial charge in [-0.2, -0.15) is 11.8 Å². The SMILES string of the molecule is CCCSC[C@](C)(N)C(=O)O. The molecule has 0 heterocycles. The second kappa shape index (κ2) is 4.62. The molecule has 3 N–H and O–H groups in total. The summed E-state index contributed by atoms with van der Waals surface area (Å²) in [6, 6.07) is 0. The van der Waals surface area contributed by atoms with Gasteiger partial charge in [-0.1, -0.05) is 6.92 Å². The third-order valence-corrected chi connectivity index (χ3v) is 2.74. The van der Waals surface area contributed by atoms with Crippen LogP contribution >= 0.6 is 11.8 Å². The number of hydrogen-bond donors (Lipinski definition) is 2. The fourth-order valence-corrected chi connectivity index (χ4v) is 1.47. The van der Waals surface area contributed by atoms with Gasteiger partial charge in [-0.05, 0) is 19.1 Å². The fourth-order valence-electron chi connectivity index (χ4n) is 0.490. The monoisotopic (exact) mass is 177 g/mol. The Morgan fingerprint density at radius 3 is 2.64 bits per heavy atom. The van der Waals surface area contributed by atoms with Gasteiger partial charge in [-0.3, -0.25) is 4.79 Å². The first-order valence-corrected chi connectivity index (χ1v) is 4.76. The van der Waals surface area contributed by atoms with E-state index in [0.29, 0.717) is 5.75 Å². The largest absolute Gasteiger partial charge is 0.480 e. The van der Waals surface area contributed by atoms with E-state index in [1.807, 2.05) is 0 Å². The summed E-state index contributed by atoms with van der Waals surface area (Å²) in [4.78, 5) is 10.5. The summed E-state index contributed by atoms with van der Waals surface area (Å²) in [6.45, 7) is 3.60. The van der Waals surface area contributed by atoms with Crippen LogP contribution in [0.3, 0.4) is 0 Å². The molecule has 0 saturated carbocycles. The molecule has 11 heavy (non-hydrogen) atoms. The number of hydrogen-bond acceptors (Lipinski definition) is 3. The molecule has 0 fully saturated rings. The van der Waals surface area contributed by atoms with Gasteiger partial charge >= 0.3 is 5.97 Å². The zero-order chi connectivity index (χ0) is 8.91. The highest BCUT2D eigenvalue weighted by Crippen LogP contribution is 2.11. The molecule has 0 aromatic rings. The van der Waals surface area contributed by atoms with Crippen LogP contribution in [0.1, 0.15) is 20.3 Å². The molecule has 0 aliphatic carbocycles. The highest BCUT2D eigenvalue weighted by Gasteiger charge is 2.27. The molecule has 1 atom stereocenters. The van der Waals surface area contributed by atoms with Crippen molar-refractivity contribution in [2.24, 2.45) is 5.73 Å². The molecule has 0 rings (SSSR count). The van der Waals surface area contributed by atoms with Gasteiger partial charge in [0.25, 0.3) is 0 Å². The van der Waals surface area contributed by atoms with Crippen LogP contribution < -0.4 is 5.73 Å². The Balaban J connectivity index is 3.64. The van der Waals surface area contributed by atoms with Gasteiger partial charge in [-0.15, -0.1) is 0 Å². The van der Waals surface area contributed by atoms with Crippen LogP contribution in [0.4, 0.5) is 0 Å². The summed E-state index contributed by atoms with van der Waals surface area (Å²) >= 11 is 1.58. The Kier molecular flexibility index (Phi) is 4.52. The maximum Gasteiger partial charge on any atom is 0.324 e. The van der Waals surface area contributed by atoms with Gasteiger partial charge in [0.1, 0.15) is 5.54 Å². The predicted octanol–water partition coefficient (Wildman–Crippen LogP) is 0.932. The lowest BCUT2D eigenvalue weighted by molar-refractivity contribution is -0.141. The van der Waals surface area contributed by atoms with Crippen LogP contribution in [-0.4, -0.2) is 28.1 Å². The standard InChI is InChI=1S/C7H15NO2S/c1-3-4-11-5-7(2,8)6(9)10/h3-5,8H2,1-2H3,(H,9,10)/t7-/m0/s1. The minimum Gasteiger partial charge on any atom is -0.480 e. The normalized spacial score (nSPS) is 15.9. The molecule has 0 saturated heterocycles. The molecule has 66 valence electrons. The van der Waals surface area contributed by atoms with Gasteiger partial charge < -0.3 is 10.8 Å². The van der Waals surface area contributed by atoms with Crippen molar-refractivity contribution < 1.29 is 9.90 Å². The molecular formula is C7H15NO2S. The number of rotatable bonds is 5. The summed E-state index contributed by atoms with van der Waals surface area (Å²) in [5.41, 5.74) is 4.41. The smallest absolute Gasteiger partial charge is 0.324 e. The van der Waals surface area contributed by atoms with Crippen molar-refractivity contribution in [1.29, 1.82) is 0 Å². The van der Waals surface area contributed by atoms with Gasteiger partial charge in [-0.25, -0.2) is 0 Å². The van der Waals surface area contributed by atoms with Gasteiger partial charge in [0.05, 0.1) is 0 Å². The molecule has 3 nitrogen and oxygen atoms in total. The van der Waals surface area contributed by atoms with Crippen LogP contribution in [0, 0.1) is 0 Å². The number of carboxylic acids is 1. The molecule has 0 aliphatic rings. The van der Waals surface area contributed by atoms with Crippen molar-refractivity contribution in [2.45, 2.75) is 25.8 Å². The number of carboxylic acid groups (broad SMARTS) is 1. The molecule has 4 heteroatoms. The summed E-state index contributed by atoms with van der Waals surface area (Å²) in [7, 11) is 0. The van der Waals surface area contributed by atoms with Gasteiger partial charge in [0, 0.05) is 5.75 Å². The lowest BCUT2D eigenvalue weighted by Crippen LogP contribution is -2.47. The number of aliphatic carboxylic acids is 1. The number of carbonyl (C=O) groups is 1. The minimum absolute atomic E-state index is 0.482. The van der Waals surface area contributed by atoms with Crippen molar-refractivity contribution in [3.63, 3.8) is 0 Å². The van der Waals surface area contributed by atoms with E-state index in [4.69, 9.17) is 10.8 Å². The first-order chi connectivity index (χ1) is 5.00. The third-order valence-electron chi connectivity index (χ3n) is 1.24. The van der Waals surface area contributed by atoms with Crippen LogP contribution in [0.25, 0.3) is 0 Å². The molecule has 0 aromatic carbocycles. The van der Waals surface area contributed by atoms with Crippen molar-refractivity contribution in [3.8, 4) is 0 Å². The highest BCUT2D eigenvalue weighted by atomic mass is 32.2. The lowest BCUT2D eigenvalue weighted by atomic mass is 10.1. The van der Waals surface area contributed by atoms with Crippen molar-refractivity contribution in [2.75, 3.05) is 11.5 Å². The molecular weight excluding hydrogens is 162 g/mol. The molecule has 0 bridgehead atoms. The minimum atomic E-state index is -1.07. The molecule has 0 radical (unpaired) electrons. The Morgan fingerprint density at radius 1 is 1.73 bits per heavy atom. The topological polar surface area (TPSA) is 63.3 Å². The fraction of sp³-hybridized carbons (Fsp3) is 0.857. The molecule has 0 unspecified atom stereocenters. The summed E-state index contributed by atoms with van der Waals surface area (Å²) in [5.74, 6) is 0.525. The van der Waals surface area contributed by atoms with E-state index in [1.165, 1.54) is 6.92 Å². The second-order valence-corrected chi connectivity index (χ2v) is 3.88. The van der Waals surface area contributed by atoms with Crippen molar-refractivity contribution >= 4 is 17.7 Å². The third kappa shape index (κ3) is 4.27.